The van der Waals surface area contributed by atoms with Crippen LogP contribution in [0.4, 0.5) is 11.4 Å². The van der Waals surface area contributed by atoms with Gasteiger partial charge in [-0.25, -0.2) is 0 Å². The minimum atomic E-state index is -1.36. The van der Waals surface area contributed by atoms with E-state index in [1.807, 2.05) is 96.7 Å². The van der Waals surface area contributed by atoms with Gasteiger partial charge in [-0.2, -0.15) is 0 Å². The Hall–Kier alpha value is -4.29. The number of carbonyl (C=O) groups excluding carboxylic acids is 1. The Morgan fingerprint density at radius 2 is 1.41 bits per heavy atom. The number of primary amides is 1. The Morgan fingerprint density at radius 1 is 0.862 bits per heavy atom. The summed E-state index contributed by atoms with van der Waals surface area (Å²) in [5, 5.41) is 10.9. The van der Waals surface area contributed by atoms with Gasteiger partial charge in [0, 0.05) is 46.0 Å². The lowest BCUT2D eigenvalue weighted by molar-refractivity contribution is -0.115. The predicted molar refractivity (Wildman–Crippen MR) is 241 cm³/mol. The number of hydrogen-bond donors (Lipinski definition) is 2. The van der Waals surface area contributed by atoms with Crippen LogP contribution in [0.3, 0.4) is 0 Å². The summed E-state index contributed by atoms with van der Waals surface area (Å²) < 4.78 is 17.7. The molecule has 7 rings (SSSR count). The van der Waals surface area contributed by atoms with Gasteiger partial charge in [-0.05, 0) is 101 Å². The Balaban J connectivity index is 0.000000166. The number of hydrogen-bond acceptors (Lipinski definition) is 8. The van der Waals surface area contributed by atoms with E-state index in [1.165, 1.54) is 27.6 Å². The van der Waals surface area contributed by atoms with Gasteiger partial charge in [-0.15, -0.1) is 0 Å². The predicted octanol–water partition coefficient (Wildman–Crippen LogP) is 8.88. The summed E-state index contributed by atoms with van der Waals surface area (Å²) in [6.07, 6.45) is 4.24. The van der Waals surface area contributed by atoms with Crippen molar-refractivity contribution >= 4 is 40.2 Å². The van der Waals surface area contributed by atoms with Gasteiger partial charge < -0.3 is 34.8 Å². The molecule has 1 saturated carbocycles. The van der Waals surface area contributed by atoms with E-state index in [9.17, 15) is 14.5 Å². The number of anilines is 2. The summed E-state index contributed by atoms with van der Waals surface area (Å²) in [6.45, 7) is 4.20. The lowest BCUT2D eigenvalue weighted by Crippen LogP contribution is -2.43. The second-order valence-electron chi connectivity index (χ2n) is 15.5. The van der Waals surface area contributed by atoms with Crippen LogP contribution in [0.5, 0.6) is 5.75 Å². The second kappa shape index (κ2) is 21.6. The first-order valence-corrected chi connectivity index (χ1v) is 22.2. The van der Waals surface area contributed by atoms with Gasteiger partial charge in [0.2, 0.25) is 0 Å². The number of aliphatic hydroxyl groups is 1. The molecule has 1 amide bonds. The molecule has 0 saturated heterocycles. The molecule has 58 heavy (non-hydrogen) atoms. The van der Waals surface area contributed by atoms with Crippen molar-refractivity contribution in [1.82, 2.24) is 9.80 Å². The summed E-state index contributed by atoms with van der Waals surface area (Å²) in [5.74, 6) is 0.438. The lowest BCUT2D eigenvalue weighted by Gasteiger charge is -2.41. The molecule has 1 aliphatic carbocycles. The van der Waals surface area contributed by atoms with Gasteiger partial charge in [0.25, 0.3) is 5.91 Å². The maximum Gasteiger partial charge on any atom is 0.267 e. The van der Waals surface area contributed by atoms with Gasteiger partial charge in [0.15, 0.2) is 11.0 Å². The van der Waals surface area contributed by atoms with Crippen LogP contribution in [0, 0.1) is 5.92 Å². The molecule has 0 spiro atoms. The largest absolute Gasteiger partial charge is 0.615 e. The van der Waals surface area contributed by atoms with Gasteiger partial charge >= 0.3 is 0 Å². The molecule has 3 N–H and O–H groups in total. The molecule has 10 heteroatoms. The zero-order valence-electron chi connectivity index (χ0n) is 34.8. The Bertz CT molecular complexity index is 1930. The Kier molecular flexibility index (Phi) is 16.7. The van der Waals surface area contributed by atoms with E-state index in [0.717, 1.165) is 54.8 Å². The van der Waals surface area contributed by atoms with Crippen LogP contribution in [-0.2, 0) is 21.6 Å². The normalized spacial score (nSPS) is 18.2. The topological polar surface area (TPSA) is 105 Å². The molecule has 2 unspecified atom stereocenters. The average molecular weight is 821 g/mol. The molecule has 308 valence electrons. The van der Waals surface area contributed by atoms with Crippen LogP contribution in [0.2, 0.25) is 0 Å². The lowest BCUT2D eigenvalue weighted by atomic mass is 9.71. The van der Waals surface area contributed by atoms with Crippen molar-refractivity contribution in [2.45, 2.75) is 59.3 Å². The molecule has 0 aromatic heterocycles. The van der Waals surface area contributed by atoms with Crippen LogP contribution in [0.25, 0.3) is 0 Å². The monoisotopic (exact) mass is 820 g/mol. The first kappa shape index (κ1) is 44.8. The van der Waals surface area contributed by atoms with E-state index >= 15 is 0 Å². The summed E-state index contributed by atoms with van der Waals surface area (Å²) in [7, 11) is 10.1. The van der Waals surface area contributed by atoms with Crippen molar-refractivity contribution in [2.24, 2.45) is 11.7 Å². The number of rotatable bonds is 12. The second-order valence-corrected chi connectivity index (χ2v) is 18.1. The summed E-state index contributed by atoms with van der Waals surface area (Å²) in [4.78, 5) is 20.6. The van der Waals surface area contributed by atoms with Crippen molar-refractivity contribution in [3.8, 4) is 5.75 Å². The number of nitrogens with two attached hydrogens (primary N) is 1. The first-order valence-electron chi connectivity index (χ1n) is 20.0. The molecule has 5 aromatic carbocycles. The zero-order valence-corrected chi connectivity index (χ0v) is 36.4. The van der Waals surface area contributed by atoms with Crippen molar-refractivity contribution in [1.29, 1.82) is 0 Å². The molecule has 1 heterocycles. The van der Waals surface area contributed by atoms with Crippen molar-refractivity contribution in [3.63, 3.8) is 0 Å². The van der Waals surface area contributed by atoms with E-state index in [-0.39, 0.29) is 11.0 Å². The van der Waals surface area contributed by atoms with E-state index in [2.05, 4.69) is 98.3 Å². The Morgan fingerprint density at radius 3 is 1.93 bits per heavy atom. The minimum Gasteiger partial charge on any atom is -0.615 e. The van der Waals surface area contributed by atoms with E-state index in [0.29, 0.717) is 12.0 Å². The smallest absolute Gasteiger partial charge is 0.267 e. The van der Waals surface area contributed by atoms with Crippen LogP contribution >= 0.6 is 11.8 Å². The average Bonchev–Trinajstić information content (AvgIpc) is 3.22. The fourth-order valence-corrected chi connectivity index (χ4v) is 10.0. The summed E-state index contributed by atoms with van der Waals surface area (Å²) in [5.41, 5.74) is 9.94. The maximum atomic E-state index is 12.4. The molecule has 1 aliphatic heterocycles. The van der Waals surface area contributed by atoms with Crippen molar-refractivity contribution in [2.75, 3.05) is 59.0 Å². The van der Waals surface area contributed by atoms with Gasteiger partial charge in [0.05, 0.1) is 24.1 Å². The molecular formula is C48H60N4O4S2. The summed E-state index contributed by atoms with van der Waals surface area (Å²) >= 11 is 0.502. The SMILES string of the molecule is CC(CN1c2ccccc2Sc2ccccc21)N(C)C.COc1cccc([C@@]2(O)CCCC[C@@H]2CN(C)C)c1.NC(=O)C[S+]([O-])C(c1ccccc1)c1ccccc1. The number of likely N-dealkylation sites (N-methyl/N-ethyl adjacent to an activating group) is 1. The van der Waals surface area contributed by atoms with Crippen LogP contribution in [-0.4, -0.2) is 85.6 Å². The Labute approximate surface area is 353 Å². The van der Waals surface area contributed by atoms with Crippen molar-refractivity contribution in [3.05, 3.63) is 150 Å². The van der Waals surface area contributed by atoms with E-state index < -0.39 is 22.7 Å². The number of methoxy groups -OCH3 is 1. The molecule has 8 nitrogen and oxygen atoms in total. The number of carbonyl (C=O) groups is 1. The third-order valence-corrected chi connectivity index (χ3v) is 13.6. The third kappa shape index (κ3) is 11.9. The first-order chi connectivity index (χ1) is 27.9. The fraction of sp³-hybridized carbons (Fsp3) is 0.354. The highest BCUT2D eigenvalue weighted by atomic mass is 32.2. The van der Waals surface area contributed by atoms with Gasteiger partial charge in [-0.1, -0.05) is 122 Å². The number of amides is 1. The summed E-state index contributed by atoms with van der Waals surface area (Å²) in [6, 6.07) is 44.8. The number of ether oxygens (including phenoxy) is 1. The van der Waals surface area contributed by atoms with E-state index in [4.69, 9.17) is 10.5 Å². The highest BCUT2D eigenvalue weighted by Crippen LogP contribution is 2.48. The molecule has 5 aromatic rings. The number of para-hydroxylation sites is 2. The van der Waals surface area contributed by atoms with Crippen LogP contribution in [0.15, 0.2) is 143 Å². The van der Waals surface area contributed by atoms with E-state index in [1.54, 1.807) is 7.11 Å². The molecular weight excluding hydrogens is 761 g/mol. The van der Waals surface area contributed by atoms with Gasteiger partial charge in [0.1, 0.15) is 5.75 Å². The standard InChI is InChI=1S/C17H20N2S.C16H25NO2.C15H15NO2S/c1-13(18(2)3)12-19-14-8-4-6-10-16(14)20-17-11-7-5-9-15(17)19;1-17(2)12-14-7-4-5-10-16(14,18)13-8-6-9-15(11-13)19-3;16-14(17)11-19(18)15(12-7-3-1-4-8-12)13-9-5-2-6-10-13/h4-11,13H,12H2,1-3H3;6,8-9,11,14,18H,4-5,7,10,12H2,1-3H3;1-10,15H,11H2,(H2,16,17)/t;14-,16+;/m.1./s1. The third-order valence-electron chi connectivity index (χ3n) is 10.8. The zero-order chi connectivity index (χ0) is 41.7. The van der Waals surface area contributed by atoms with Gasteiger partial charge in [-0.3, -0.25) is 4.79 Å². The minimum absolute atomic E-state index is 0.131. The molecule has 0 bridgehead atoms. The molecule has 2 aliphatic rings. The number of nitrogens with zero attached hydrogens (tertiary/aromatic N) is 3. The number of fused-ring (bicyclic) bond motifs is 2. The molecule has 1 fully saturated rings. The fourth-order valence-electron chi connectivity index (χ4n) is 7.56. The maximum absolute atomic E-state index is 12.4. The van der Waals surface area contributed by atoms with Crippen LogP contribution < -0.4 is 15.4 Å². The molecule has 4 atom stereocenters. The highest BCUT2D eigenvalue weighted by molar-refractivity contribution is 7.99. The number of benzene rings is 5. The van der Waals surface area contributed by atoms with Crippen LogP contribution in [0.1, 0.15) is 54.5 Å². The molecule has 0 radical (unpaired) electrons. The van der Waals surface area contributed by atoms with Crippen molar-refractivity contribution < 1.29 is 19.2 Å². The quantitative estimate of drug-likeness (QED) is 0.120. The highest BCUT2D eigenvalue weighted by Gasteiger charge is 2.40.